The molecule has 100 valence electrons. The molecule has 0 aliphatic carbocycles. The van der Waals surface area contributed by atoms with E-state index in [9.17, 15) is 0 Å². The fraction of sp³-hybridized carbons (Fsp3) is 0.500. The molecule has 8 heteroatoms. The van der Waals surface area contributed by atoms with E-state index >= 15 is 0 Å². The summed E-state index contributed by atoms with van der Waals surface area (Å²) in [6.07, 6.45) is 0. The van der Waals surface area contributed by atoms with Crippen LogP contribution < -0.4 is 10.6 Å². The Hall–Kier alpha value is -1.93. The number of nitrogens with zero attached hydrogens (tertiary/aromatic N) is 4. The molecule has 0 bridgehead atoms. The third-order valence-corrected chi connectivity index (χ3v) is 2.24. The second-order valence-corrected chi connectivity index (χ2v) is 3.61. The molecule has 0 saturated heterocycles. The van der Waals surface area contributed by atoms with Gasteiger partial charge in [0, 0.05) is 18.8 Å². The number of hydrogen-bond donors (Lipinski definition) is 4. The van der Waals surface area contributed by atoms with Gasteiger partial charge in [0.25, 0.3) is 0 Å². The minimum Gasteiger partial charge on any atom is -0.409 e. The standard InChI is InChI=1S/C10H17N5O3/c1-7-6-8(9(11)14-18)13-10(12-7)15(2-4-16)3-5-17/h6,16-18H,2-5H2,1H3,(H2,11,14). The summed E-state index contributed by atoms with van der Waals surface area (Å²) in [6, 6.07) is 1.58. The Labute approximate surface area is 104 Å². The molecule has 5 N–H and O–H groups in total. The van der Waals surface area contributed by atoms with Crippen molar-refractivity contribution in [1.29, 1.82) is 0 Å². The molecule has 1 heterocycles. The summed E-state index contributed by atoms with van der Waals surface area (Å²) >= 11 is 0. The van der Waals surface area contributed by atoms with E-state index in [4.69, 9.17) is 21.2 Å². The van der Waals surface area contributed by atoms with Gasteiger partial charge in [0.2, 0.25) is 5.95 Å². The highest BCUT2D eigenvalue weighted by molar-refractivity contribution is 5.95. The predicted molar refractivity (Wildman–Crippen MR) is 65.7 cm³/mol. The lowest BCUT2D eigenvalue weighted by molar-refractivity contribution is 0.280. The summed E-state index contributed by atoms with van der Waals surface area (Å²) in [5, 5.41) is 29.4. The van der Waals surface area contributed by atoms with Crippen LogP contribution in [0.1, 0.15) is 11.4 Å². The molecular formula is C10H17N5O3. The van der Waals surface area contributed by atoms with Gasteiger partial charge < -0.3 is 26.1 Å². The monoisotopic (exact) mass is 255 g/mol. The molecule has 0 saturated carbocycles. The molecule has 0 fully saturated rings. The lowest BCUT2D eigenvalue weighted by Crippen LogP contribution is -2.32. The summed E-state index contributed by atoms with van der Waals surface area (Å²) in [5.74, 6) is 0.203. The first kappa shape index (κ1) is 14.1. The SMILES string of the molecule is Cc1cc(/C(N)=N/O)nc(N(CCO)CCO)n1. The van der Waals surface area contributed by atoms with Crippen molar-refractivity contribution in [1.82, 2.24) is 9.97 Å². The number of aromatic nitrogens is 2. The van der Waals surface area contributed by atoms with E-state index in [-0.39, 0.29) is 19.0 Å². The smallest absolute Gasteiger partial charge is 0.226 e. The molecule has 1 aromatic heterocycles. The molecule has 0 amide bonds. The van der Waals surface area contributed by atoms with Crippen molar-refractivity contribution < 1.29 is 15.4 Å². The van der Waals surface area contributed by atoms with Crippen molar-refractivity contribution in [3.63, 3.8) is 0 Å². The highest BCUT2D eigenvalue weighted by atomic mass is 16.4. The molecule has 0 aliphatic heterocycles. The molecule has 0 aromatic carbocycles. The van der Waals surface area contributed by atoms with E-state index in [1.54, 1.807) is 17.9 Å². The molecule has 1 rings (SSSR count). The first-order chi connectivity index (χ1) is 8.62. The van der Waals surface area contributed by atoms with Gasteiger partial charge in [-0.25, -0.2) is 9.97 Å². The number of rotatable bonds is 6. The number of hydrogen-bond acceptors (Lipinski definition) is 7. The molecule has 1 aromatic rings. The molecule has 0 aliphatic rings. The summed E-state index contributed by atoms with van der Waals surface area (Å²) in [4.78, 5) is 9.92. The highest BCUT2D eigenvalue weighted by Crippen LogP contribution is 2.10. The Morgan fingerprint density at radius 1 is 1.33 bits per heavy atom. The summed E-state index contributed by atoms with van der Waals surface area (Å²) in [5.41, 5.74) is 6.41. The molecule has 0 unspecified atom stereocenters. The second-order valence-electron chi connectivity index (χ2n) is 3.61. The first-order valence-corrected chi connectivity index (χ1v) is 5.42. The quantitative estimate of drug-likeness (QED) is 0.214. The third kappa shape index (κ3) is 3.54. The number of anilines is 1. The van der Waals surface area contributed by atoms with Crippen LogP contribution in [-0.2, 0) is 0 Å². The zero-order chi connectivity index (χ0) is 13.5. The van der Waals surface area contributed by atoms with Crippen molar-refractivity contribution in [2.45, 2.75) is 6.92 Å². The molecule has 8 nitrogen and oxygen atoms in total. The Morgan fingerprint density at radius 3 is 2.44 bits per heavy atom. The number of nitrogens with two attached hydrogens (primary N) is 1. The maximum absolute atomic E-state index is 8.95. The fourth-order valence-electron chi connectivity index (χ4n) is 1.43. The van der Waals surface area contributed by atoms with Crippen molar-refractivity contribution in [2.75, 3.05) is 31.2 Å². The van der Waals surface area contributed by atoms with Crippen LogP contribution in [0.5, 0.6) is 0 Å². The number of aliphatic hydroxyl groups excluding tert-OH is 2. The van der Waals surface area contributed by atoms with Crippen LogP contribution >= 0.6 is 0 Å². The highest BCUT2D eigenvalue weighted by Gasteiger charge is 2.12. The van der Waals surface area contributed by atoms with E-state index in [0.717, 1.165) is 0 Å². The van der Waals surface area contributed by atoms with Crippen LogP contribution in [0.15, 0.2) is 11.2 Å². The van der Waals surface area contributed by atoms with Crippen LogP contribution in [0.2, 0.25) is 0 Å². The Balaban J connectivity index is 3.10. The van der Waals surface area contributed by atoms with Crippen molar-refractivity contribution in [3.05, 3.63) is 17.5 Å². The number of amidine groups is 1. The maximum atomic E-state index is 8.95. The minimum atomic E-state index is -0.116. The molecule has 0 spiro atoms. The van der Waals surface area contributed by atoms with Crippen molar-refractivity contribution in [2.24, 2.45) is 10.9 Å². The Kier molecular flexibility index (Phi) is 5.28. The van der Waals surface area contributed by atoms with Crippen LogP contribution in [-0.4, -0.2) is 57.5 Å². The minimum absolute atomic E-state index is 0.0871. The zero-order valence-corrected chi connectivity index (χ0v) is 10.1. The molecule has 0 atom stereocenters. The van der Waals surface area contributed by atoms with Crippen molar-refractivity contribution >= 4 is 11.8 Å². The van der Waals surface area contributed by atoms with E-state index in [1.165, 1.54) is 0 Å². The lowest BCUT2D eigenvalue weighted by atomic mass is 10.3. The fourth-order valence-corrected chi connectivity index (χ4v) is 1.43. The molecule has 0 radical (unpaired) electrons. The summed E-state index contributed by atoms with van der Waals surface area (Å²) in [7, 11) is 0. The van der Waals surface area contributed by atoms with Gasteiger partial charge >= 0.3 is 0 Å². The number of aliphatic hydroxyl groups is 2. The van der Waals surface area contributed by atoms with E-state index in [0.29, 0.717) is 30.4 Å². The van der Waals surface area contributed by atoms with Crippen LogP contribution in [0, 0.1) is 6.92 Å². The largest absolute Gasteiger partial charge is 0.409 e. The summed E-state index contributed by atoms with van der Waals surface area (Å²) < 4.78 is 0. The van der Waals surface area contributed by atoms with E-state index < -0.39 is 0 Å². The van der Waals surface area contributed by atoms with Gasteiger partial charge in [0.1, 0.15) is 5.69 Å². The molecule has 18 heavy (non-hydrogen) atoms. The van der Waals surface area contributed by atoms with Gasteiger partial charge in [-0.05, 0) is 13.0 Å². The van der Waals surface area contributed by atoms with E-state index in [1.807, 2.05) is 0 Å². The van der Waals surface area contributed by atoms with Gasteiger partial charge in [0.05, 0.1) is 13.2 Å². The maximum Gasteiger partial charge on any atom is 0.226 e. The topological polar surface area (TPSA) is 128 Å². The van der Waals surface area contributed by atoms with Gasteiger partial charge in [-0.15, -0.1) is 0 Å². The third-order valence-electron chi connectivity index (χ3n) is 2.24. The Bertz CT molecular complexity index is 418. The van der Waals surface area contributed by atoms with Gasteiger partial charge in [-0.3, -0.25) is 0 Å². The van der Waals surface area contributed by atoms with Crippen molar-refractivity contribution in [3.8, 4) is 0 Å². The average molecular weight is 255 g/mol. The van der Waals surface area contributed by atoms with Crippen LogP contribution in [0.3, 0.4) is 0 Å². The number of oxime groups is 1. The van der Waals surface area contributed by atoms with Crippen LogP contribution in [0.25, 0.3) is 0 Å². The normalized spacial score (nSPS) is 11.6. The summed E-state index contributed by atoms with van der Waals surface area (Å²) in [6.45, 7) is 2.15. The van der Waals surface area contributed by atoms with Gasteiger partial charge in [0.15, 0.2) is 5.84 Å². The second kappa shape index (κ2) is 6.72. The van der Waals surface area contributed by atoms with Gasteiger partial charge in [-0.1, -0.05) is 5.16 Å². The van der Waals surface area contributed by atoms with Gasteiger partial charge in [-0.2, -0.15) is 0 Å². The zero-order valence-electron chi connectivity index (χ0n) is 10.1. The number of aryl methyl sites for hydroxylation is 1. The van der Waals surface area contributed by atoms with E-state index in [2.05, 4.69) is 15.1 Å². The predicted octanol–water partition coefficient (Wildman–Crippen LogP) is -1.33. The molecular weight excluding hydrogens is 238 g/mol. The Morgan fingerprint density at radius 2 is 1.94 bits per heavy atom. The van der Waals surface area contributed by atoms with Crippen LogP contribution in [0.4, 0.5) is 5.95 Å². The lowest BCUT2D eigenvalue weighted by Gasteiger charge is -2.21. The first-order valence-electron chi connectivity index (χ1n) is 5.42. The average Bonchev–Trinajstić information content (AvgIpc) is 2.36.